The molecule has 1 atom stereocenters. The summed E-state index contributed by atoms with van der Waals surface area (Å²) >= 11 is 0. The number of benzene rings is 1. The van der Waals surface area contributed by atoms with Crippen LogP contribution in [-0.2, 0) is 24.3 Å². The molecular formula is C17H24N2O5S. The van der Waals surface area contributed by atoms with Crippen LogP contribution in [0, 0.1) is 13.8 Å². The van der Waals surface area contributed by atoms with Crippen molar-refractivity contribution < 1.29 is 22.7 Å². The first kappa shape index (κ1) is 20.9. The Bertz CT molecular complexity index is 743. The van der Waals surface area contributed by atoms with Gasteiger partial charge in [-0.3, -0.25) is 9.59 Å². The molecule has 0 aliphatic heterocycles. The highest BCUT2D eigenvalue weighted by atomic mass is 32.2. The van der Waals surface area contributed by atoms with Gasteiger partial charge in [0.1, 0.15) is 0 Å². The number of carbonyl (C=O) groups excluding carboxylic acids is 2. The van der Waals surface area contributed by atoms with E-state index in [1.807, 2.05) is 6.92 Å². The van der Waals surface area contributed by atoms with Crippen LogP contribution in [0.25, 0.3) is 0 Å². The van der Waals surface area contributed by atoms with E-state index in [1.165, 1.54) is 19.1 Å². The minimum Gasteiger partial charge on any atom is -0.453 e. The lowest BCUT2D eigenvalue weighted by atomic mass is 10.2. The van der Waals surface area contributed by atoms with E-state index < -0.39 is 28.0 Å². The quantitative estimate of drug-likeness (QED) is 0.504. The summed E-state index contributed by atoms with van der Waals surface area (Å²) < 4.78 is 31.8. The number of esters is 1. The van der Waals surface area contributed by atoms with Crippen molar-refractivity contribution in [3.8, 4) is 0 Å². The molecule has 0 saturated carbocycles. The van der Waals surface area contributed by atoms with E-state index in [0.29, 0.717) is 5.56 Å². The molecule has 0 bridgehead atoms. The molecule has 0 spiro atoms. The minimum atomic E-state index is -3.71. The first-order valence-electron chi connectivity index (χ1n) is 7.82. The van der Waals surface area contributed by atoms with Gasteiger partial charge >= 0.3 is 5.97 Å². The molecule has 0 heterocycles. The maximum atomic E-state index is 12.3. The predicted molar refractivity (Wildman–Crippen MR) is 94.5 cm³/mol. The number of ether oxygens (including phenoxy) is 1. The second kappa shape index (κ2) is 9.33. The van der Waals surface area contributed by atoms with Gasteiger partial charge in [-0.25, -0.2) is 13.1 Å². The first-order valence-corrected chi connectivity index (χ1v) is 9.30. The third-order valence-corrected chi connectivity index (χ3v) is 4.96. The molecule has 1 aromatic carbocycles. The number of amides is 1. The van der Waals surface area contributed by atoms with Gasteiger partial charge in [0.25, 0.3) is 5.91 Å². The fraction of sp³-hybridized carbons (Fsp3) is 0.412. The zero-order valence-electron chi connectivity index (χ0n) is 14.7. The molecule has 1 amide bonds. The Labute approximate surface area is 148 Å². The number of carbonyl (C=O) groups is 2. The predicted octanol–water partition coefficient (Wildman–Crippen LogP) is 1.21. The lowest BCUT2D eigenvalue weighted by molar-refractivity contribution is -0.154. The maximum absolute atomic E-state index is 12.3. The average Bonchev–Trinajstić information content (AvgIpc) is 2.51. The van der Waals surface area contributed by atoms with E-state index in [9.17, 15) is 18.0 Å². The zero-order valence-corrected chi connectivity index (χ0v) is 15.5. The van der Waals surface area contributed by atoms with Gasteiger partial charge in [-0.05, 0) is 32.4 Å². The molecule has 0 aliphatic rings. The Morgan fingerprint density at radius 2 is 2.00 bits per heavy atom. The molecule has 138 valence electrons. The van der Waals surface area contributed by atoms with Crippen molar-refractivity contribution in [3.63, 3.8) is 0 Å². The van der Waals surface area contributed by atoms with E-state index in [4.69, 9.17) is 4.74 Å². The standard InChI is InChI=1S/C17H24N2O5S/c1-5-9-18-17(21)14(4)24-16(20)8-10-19-25(22,23)15-7-6-12(2)11-13(15)3/h5-7,11,14,19H,1,8-10H2,2-4H3,(H,18,21)/t14-/m1/s1. The van der Waals surface area contributed by atoms with Crippen molar-refractivity contribution in [1.82, 2.24) is 10.0 Å². The smallest absolute Gasteiger partial charge is 0.307 e. The SMILES string of the molecule is C=CCNC(=O)[C@@H](C)OC(=O)CCNS(=O)(=O)c1ccc(C)cc1C. The second-order valence-corrected chi connectivity index (χ2v) is 7.32. The van der Waals surface area contributed by atoms with E-state index in [2.05, 4.69) is 16.6 Å². The van der Waals surface area contributed by atoms with Gasteiger partial charge in [0, 0.05) is 13.1 Å². The summed E-state index contributed by atoms with van der Waals surface area (Å²) in [7, 11) is -3.71. The highest BCUT2D eigenvalue weighted by molar-refractivity contribution is 7.89. The van der Waals surface area contributed by atoms with Crippen molar-refractivity contribution >= 4 is 21.9 Å². The van der Waals surface area contributed by atoms with Crippen molar-refractivity contribution in [2.75, 3.05) is 13.1 Å². The van der Waals surface area contributed by atoms with Crippen LogP contribution in [-0.4, -0.2) is 39.5 Å². The Morgan fingerprint density at radius 1 is 1.32 bits per heavy atom. The number of hydrogen-bond acceptors (Lipinski definition) is 5. The fourth-order valence-corrected chi connectivity index (χ4v) is 3.35. The molecule has 1 aromatic rings. The first-order chi connectivity index (χ1) is 11.7. The van der Waals surface area contributed by atoms with Gasteiger partial charge in [0.2, 0.25) is 10.0 Å². The fourth-order valence-electron chi connectivity index (χ4n) is 2.09. The number of nitrogens with one attached hydrogen (secondary N) is 2. The molecule has 0 fully saturated rings. The van der Waals surface area contributed by atoms with E-state index >= 15 is 0 Å². The normalized spacial score (nSPS) is 12.3. The van der Waals surface area contributed by atoms with Crippen LogP contribution in [0.4, 0.5) is 0 Å². The van der Waals surface area contributed by atoms with Crippen LogP contribution >= 0.6 is 0 Å². The van der Waals surface area contributed by atoms with E-state index in [-0.39, 0.29) is 24.4 Å². The highest BCUT2D eigenvalue weighted by Crippen LogP contribution is 2.16. The summed E-state index contributed by atoms with van der Waals surface area (Å²) in [5, 5.41) is 2.50. The molecular weight excluding hydrogens is 344 g/mol. The van der Waals surface area contributed by atoms with Gasteiger partial charge in [0.05, 0.1) is 11.3 Å². The van der Waals surface area contributed by atoms with Crippen LogP contribution in [0.15, 0.2) is 35.7 Å². The molecule has 25 heavy (non-hydrogen) atoms. The summed E-state index contributed by atoms with van der Waals surface area (Å²) in [5.41, 5.74) is 1.59. The van der Waals surface area contributed by atoms with Gasteiger partial charge in [-0.1, -0.05) is 23.8 Å². The molecule has 2 N–H and O–H groups in total. The molecule has 0 radical (unpaired) electrons. The van der Waals surface area contributed by atoms with Gasteiger partial charge in [-0.15, -0.1) is 6.58 Å². The van der Waals surface area contributed by atoms with Crippen molar-refractivity contribution in [2.45, 2.75) is 38.2 Å². The van der Waals surface area contributed by atoms with Gasteiger partial charge in [0.15, 0.2) is 6.10 Å². The average molecular weight is 368 g/mol. The molecule has 0 aromatic heterocycles. The third kappa shape index (κ3) is 6.67. The number of hydrogen-bond donors (Lipinski definition) is 2. The Balaban J connectivity index is 2.51. The second-order valence-electron chi connectivity index (χ2n) is 5.58. The minimum absolute atomic E-state index is 0.116. The monoisotopic (exact) mass is 368 g/mol. The number of aryl methyl sites for hydroxylation is 2. The van der Waals surface area contributed by atoms with E-state index in [0.717, 1.165) is 5.56 Å². The van der Waals surface area contributed by atoms with Crippen LogP contribution in [0.2, 0.25) is 0 Å². The van der Waals surface area contributed by atoms with Crippen molar-refractivity contribution in [3.05, 3.63) is 42.0 Å². The lowest BCUT2D eigenvalue weighted by Gasteiger charge is -2.13. The molecule has 1 rings (SSSR count). The summed E-state index contributed by atoms with van der Waals surface area (Å²) in [6, 6.07) is 5.00. The molecule has 7 nitrogen and oxygen atoms in total. The summed E-state index contributed by atoms with van der Waals surface area (Å²) in [4.78, 5) is 23.5. The number of rotatable bonds is 9. The van der Waals surface area contributed by atoms with Crippen LogP contribution < -0.4 is 10.0 Å². The highest BCUT2D eigenvalue weighted by Gasteiger charge is 2.19. The lowest BCUT2D eigenvalue weighted by Crippen LogP contribution is -2.36. The van der Waals surface area contributed by atoms with Crippen LogP contribution in [0.5, 0.6) is 0 Å². The van der Waals surface area contributed by atoms with E-state index in [1.54, 1.807) is 19.1 Å². The van der Waals surface area contributed by atoms with Crippen molar-refractivity contribution in [1.29, 1.82) is 0 Å². The molecule has 0 aliphatic carbocycles. The van der Waals surface area contributed by atoms with Crippen molar-refractivity contribution in [2.24, 2.45) is 0 Å². The summed E-state index contributed by atoms with van der Waals surface area (Å²) in [5.74, 6) is -1.10. The largest absolute Gasteiger partial charge is 0.453 e. The molecule has 8 heteroatoms. The van der Waals surface area contributed by atoms with Gasteiger partial charge < -0.3 is 10.1 Å². The molecule has 0 saturated heterocycles. The summed E-state index contributed by atoms with van der Waals surface area (Å²) in [6.45, 7) is 8.65. The topological polar surface area (TPSA) is 102 Å². The van der Waals surface area contributed by atoms with Gasteiger partial charge in [-0.2, -0.15) is 0 Å². The summed E-state index contributed by atoms with van der Waals surface area (Å²) in [6.07, 6.45) is 0.376. The molecule has 0 unspecified atom stereocenters. The maximum Gasteiger partial charge on any atom is 0.307 e. The van der Waals surface area contributed by atoms with Crippen LogP contribution in [0.1, 0.15) is 24.5 Å². The number of sulfonamides is 1. The zero-order chi connectivity index (χ0) is 19.0. The Hall–Kier alpha value is -2.19. The third-order valence-electron chi connectivity index (χ3n) is 3.34. The Kier molecular flexibility index (Phi) is 7.79. The van der Waals surface area contributed by atoms with Crippen LogP contribution in [0.3, 0.4) is 0 Å². The Morgan fingerprint density at radius 3 is 2.60 bits per heavy atom.